The average Bonchev–Trinajstić information content (AvgIpc) is 3.48. The Morgan fingerprint density at radius 3 is 1.65 bits per heavy atom. The number of pyridine rings is 2. The molecule has 2 amide bonds. The van der Waals surface area contributed by atoms with E-state index in [1.165, 1.54) is 36.5 Å². The first-order valence-electron chi connectivity index (χ1n) is 14.6. The Hall–Kier alpha value is -5.16. The summed E-state index contributed by atoms with van der Waals surface area (Å²) in [5.74, 6) is -1.68. The van der Waals surface area contributed by atoms with Crippen LogP contribution in [0.5, 0.6) is 0 Å². The standard InChI is InChI=1S/C17H13ClFN3O.C17H13F2N3O/c1-9-12-7-11(19)8-13(10-2-3-20-14(18)6-10)16(12)22-5-4-21-17(23)15(9)22;1-9-12-7-11(18)8-13(10-2-3-20-14(19)6-10)16(12)22-5-4-21-17(23)15(9)22/h2*2-3,6-8H,4-5H2,1H3,(H,21,23). The molecule has 8 rings (SSSR count). The maximum atomic E-state index is 14.2. The summed E-state index contributed by atoms with van der Waals surface area (Å²) in [5, 5.41) is 7.41. The van der Waals surface area contributed by atoms with E-state index in [2.05, 4.69) is 20.6 Å². The van der Waals surface area contributed by atoms with Crippen molar-refractivity contribution in [3.05, 3.63) is 106 Å². The number of nitrogens with zero attached hydrogens (tertiary/aromatic N) is 4. The van der Waals surface area contributed by atoms with Crippen LogP contribution in [0.25, 0.3) is 44.1 Å². The number of hydrogen-bond donors (Lipinski definition) is 2. The Morgan fingerprint density at radius 2 is 1.17 bits per heavy atom. The van der Waals surface area contributed by atoms with Crippen LogP contribution in [-0.2, 0) is 13.1 Å². The number of aromatic nitrogens is 4. The molecule has 2 aliphatic heterocycles. The molecule has 12 heteroatoms. The quantitative estimate of drug-likeness (QED) is 0.209. The Labute approximate surface area is 265 Å². The van der Waals surface area contributed by atoms with E-state index in [-0.39, 0.29) is 17.6 Å². The molecule has 0 fully saturated rings. The Morgan fingerprint density at radius 1 is 0.696 bits per heavy atom. The van der Waals surface area contributed by atoms with Crippen LogP contribution in [0.3, 0.4) is 0 Å². The summed E-state index contributed by atoms with van der Waals surface area (Å²) in [6, 6.07) is 12.2. The maximum Gasteiger partial charge on any atom is 0.268 e. The van der Waals surface area contributed by atoms with E-state index in [9.17, 15) is 22.8 Å². The van der Waals surface area contributed by atoms with Gasteiger partial charge in [0, 0.05) is 66.5 Å². The zero-order chi connectivity index (χ0) is 32.3. The summed E-state index contributed by atoms with van der Waals surface area (Å²) in [5.41, 5.74) is 6.85. The lowest BCUT2D eigenvalue weighted by Gasteiger charge is -2.18. The first-order valence-corrected chi connectivity index (χ1v) is 14.9. The first-order chi connectivity index (χ1) is 22.1. The van der Waals surface area contributed by atoms with Crippen molar-refractivity contribution in [1.29, 1.82) is 0 Å². The summed E-state index contributed by atoms with van der Waals surface area (Å²) >= 11 is 5.98. The van der Waals surface area contributed by atoms with E-state index in [0.717, 1.165) is 33.1 Å². The predicted octanol–water partition coefficient (Wildman–Crippen LogP) is 6.58. The van der Waals surface area contributed by atoms with E-state index in [0.29, 0.717) is 64.8 Å². The van der Waals surface area contributed by atoms with Gasteiger partial charge in [-0.25, -0.2) is 18.7 Å². The summed E-state index contributed by atoms with van der Waals surface area (Å²) < 4.78 is 45.6. The van der Waals surface area contributed by atoms with Crippen LogP contribution in [-0.4, -0.2) is 44.0 Å². The van der Waals surface area contributed by atoms with Crippen LogP contribution in [0.1, 0.15) is 32.1 Å². The molecule has 0 bridgehead atoms. The van der Waals surface area contributed by atoms with Crippen LogP contribution >= 0.6 is 11.6 Å². The molecule has 0 atom stereocenters. The zero-order valence-corrected chi connectivity index (χ0v) is 25.5. The van der Waals surface area contributed by atoms with E-state index >= 15 is 0 Å². The lowest BCUT2D eigenvalue weighted by Crippen LogP contribution is -2.35. The minimum Gasteiger partial charge on any atom is -0.349 e. The van der Waals surface area contributed by atoms with Gasteiger partial charge in [0.1, 0.15) is 28.2 Å². The van der Waals surface area contributed by atoms with Crippen molar-refractivity contribution in [2.24, 2.45) is 0 Å². The average molecular weight is 643 g/mol. The number of amides is 2. The van der Waals surface area contributed by atoms with Gasteiger partial charge in [0.25, 0.3) is 11.8 Å². The smallest absolute Gasteiger partial charge is 0.268 e. The third-order valence-electron chi connectivity index (χ3n) is 8.49. The van der Waals surface area contributed by atoms with Gasteiger partial charge in [-0.15, -0.1) is 0 Å². The second-order valence-electron chi connectivity index (χ2n) is 11.2. The summed E-state index contributed by atoms with van der Waals surface area (Å²) in [6.45, 7) is 5.97. The molecule has 8 nitrogen and oxygen atoms in total. The van der Waals surface area contributed by atoms with Crippen molar-refractivity contribution in [2.45, 2.75) is 26.9 Å². The molecular formula is C34H26ClF3N6O2. The molecule has 2 aromatic carbocycles. The molecule has 0 saturated carbocycles. The van der Waals surface area contributed by atoms with Crippen molar-refractivity contribution < 1.29 is 22.8 Å². The van der Waals surface area contributed by atoms with Gasteiger partial charge < -0.3 is 19.8 Å². The van der Waals surface area contributed by atoms with Crippen molar-refractivity contribution >= 4 is 45.2 Å². The van der Waals surface area contributed by atoms with Crippen LogP contribution < -0.4 is 10.6 Å². The molecule has 0 aliphatic carbocycles. The molecule has 0 spiro atoms. The molecular weight excluding hydrogens is 617 g/mol. The largest absolute Gasteiger partial charge is 0.349 e. The Balaban J connectivity index is 0.000000147. The topological polar surface area (TPSA) is 93.8 Å². The number of carbonyl (C=O) groups excluding carboxylic acids is 2. The molecule has 46 heavy (non-hydrogen) atoms. The first kappa shape index (κ1) is 29.5. The van der Waals surface area contributed by atoms with Gasteiger partial charge in [0.05, 0.1) is 11.0 Å². The van der Waals surface area contributed by atoms with E-state index in [1.807, 2.05) is 16.1 Å². The van der Waals surface area contributed by atoms with Crippen LogP contribution in [0.4, 0.5) is 13.2 Å². The highest BCUT2D eigenvalue weighted by Crippen LogP contribution is 2.37. The second-order valence-corrected chi connectivity index (χ2v) is 11.6. The van der Waals surface area contributed by atoms with Crippen molar-refractivity contribution in [1.82, 2.24) is 29.7 Å². The highest BCUT2D eigenvalue weighted by Gasteiger charge is 2.27. The van der Waals surface area contributed by atoms with Crippen LogP contribution in [0, 0.1) is 31.4 Å². The third kappa shape index (κ3) is 4.87. The fraction of sp³-hybridized carbons (Fsp3) is 0.176. The highest BCUT2D eigenvalue weighted by molar-refractivity contribution is 6.29. The fourth-order valence-electron chi connectivity index (χ4n) is 6.58. The van der Waals surface area contributed by atoms with Gasteiger partial charge in [-0.2, -0.15) is 4.39 Å². The lowest BCUT2D eigenvalue weighted by molar-refractivity contribution is 0.0920. The number of aryl methyl sites for hydroxylation is 2. The zero-order valence-electron chi connectivity index (χ0n) is 24.7. The maximum absolute atomic E-state index is 14.2. The third-order valence-corrected chi connectivity index (χ3v) is 8.70. The van der Waals surface area contributed by atoms with Gasteiger partial charge in [0.2, 0.25) is 5.95 Å². The van der Waals surface area contributed by atoms with Gasteiger partial charge >= 0.3 is 0 Å². The summed E-state index contributed by atoms with van der Waals surface area (Å²) in [4.78, 5) is 31.9. The van der Waals surface area contributed by atoms with E-state index in [1.54, 1.807) is 31.3 Å². The van der Waals surface area contributed by atoms with Crippen molar-refractivity contribution in [2.75, 3.05) is 13.1 Å². The Kier molecular flexibility index (Phi) is 7.28. The van der Waals surface area contributed by atoms with Crippen LogP contribution in [0.2, 0.25) is 5.15 Å². The van der Waals surface area contributed by atoms with Crippen LogP contribution in [0.15, 0.2) is 60.9 Å². The molecule has 6 heterocycles. The minimum atomic E-state index is -0.625. The van der Waals surface area contributed by atoms with Gasteiger partial charge in [-0.1, -0.05) is 11.6 Å². The molecule has 0 radical (unpaired) electrons. The Bertz CT molecular complexity index is 2080. The molecule has 232 valence electrons. The SMILES string of the molecule is Cc1c2n(c3c(-c4ccnc(Cl)c4)cc(F)cc13)CCNC2=O.Cc1c2n(c3c(-c4ccnc(F)c4)cc(F)cc13)CCNC2=O. The van der Waals surface area contributed by atoms with Gasteiger partial charge in [-0.05, 0) is 78.6 Å². The minimum absolute atomic E-state index is 0.121. The molecule has 0 unspecified atom stereocenters. The fourth-order valence-corrected chi connectivity index (χ4v) is 6.75. The molecule has 4 aromatic heterocycles. The summed E-state index contributed by atoms with van der Waals surface area (Å²) in [6.07, 6.45) is 2.94. The number of halogens is 4. The van der Waals surface area contributed by atoms with E-state index < -0.39 is 11.8 Å². The molecule has 0 saturated heterocycles. The number of fused-ring (bicyclic) bond motifs is 6. The van der Waals surface area contributed by atoms with Crippen molar-refractivity contribution in [3.63, 3.8) is 0 Å². The lowest BCUT2D eigenvalue weighted by atomic mass is 10.0. The molecule has 2 aliphatic rings. The monoisotopic (exact) mass is 642 g/mol. The number of benzene rings is 2. The number of carbonyl (C=O) groups is 2. The second kappa shape index (κ2) is 11.3. The predicted molar refractivity (Wildman–Crippen MR) is 169 cm³/mol. The highest BCUT2D eigenvalue weighted by atomic mass is 35.5. The number of nitrogens with one attached hydrogen (secondary N) is 2. The number of rotatable bonds is 2. The molecule has 2 N–H and O–H groups in total. The molecule has 6 aromatic rings. The van der Waals surface area contributed by atoms with Gasteiger partial charge in [-0.3, -0.25) is 9.59 Å². The normalized spacial score (nSPS) is 14.0. The number of hydrogen-bond acceptors (Lipinski definition) is 4. The van der Waals surface area contributed by atoms with Crippen molar-refractivity contribution in [3.8, 4) is 22.3 Å². The summed E-state index contributed by atoms with van der Waals surface area (Å²) in [7, 11) is 0. The van der Waals surface area contributed by atoms with E-state index in [4.69, 9.17) is 11.6 Å². The van der Waals surface area contributed by atoms with Gasteiger partial charge in [0.15, 0.2) is 0 Å².